The molecule has 6 heteroatoms. The van der Waals surface area contributed by atoms with Crippen LogP contribution in [0.1, 0.15) is 361 Å². The molecule has 0 spiro atoms. The molecule has 0 aliphatic rings. The Kier molecular flexibility index (Phi) is 59.6. The van der Waals surface area contributed by atoms with Crippen molar-refractivity contribution in [2.45, 2.75) is 367 Å². The van der Waals surface area contributed by atoms with Crippen LogP contribution in [0.15, 0.2) is 24.3 Å². The van der Waals surface area contributed by atoms with Crippen LogP contribution in [0.25, 0.3) is 0 Å². The van der Waals surface area contributed by atoms with Gasteiger partial charge in [0.05, 0.1) is 0 Å². The molecule has 0 saturated carbocycles. The number of unbranched alkanes of at least 4 members (excludes halogenated alkanes) is 45. The molecule has 0 unspecified atom stereocenters. The number of rotatable bonds is 60. The topological polar surface area (TPSA) is 78.9 Å². The lowest BCUT2D eigenvalue weighted by atomic mass is 10.0. The molecule has 424 valence electrons. The first-order valence-corrected chi connectivity index (χ1v) is 32.3. The standard InChI is InChI=1S/C66H124O6/c1-4-7-10-13-16-19-22-25-27-29-31-33-35-37-39-41-44-47-50-53-56-59-65(68)71-62-63(61-70-64(67)58-55-52-49-46-43-24-21-18-15-12-9-6-3)72-66(69)60-57-54-51-48-45-42-40-38-36-34-32-30-28-26-23-20-17-14-11-8-5-2/h25-28,63H,4-24,29-62H2,1-3H3/b27-25-,28-26-/t63-/m0/s1. The van der Waals surface area contributed by atoms with Crippen molar-refractivity contribution in [2.75, 3.05) is 13.2 Å². The van der Waals surface area contributed by atoms with Crippen LogP contribution in [0, 0.1) is 0 Å². The molecule has 0 aromatic carbocycles. The molecular formula is C66H124O6. The number of ether oxygens (including phenoxy) is 3. The van der Waals surface area contributed by atoms with E-state index in [1.54, 1.807) is 0 Å². The average Bonchev–Trinajstić information content (AvgIpc) is 3.38. The van der Waals surface area contributed by atoms with Crippen molar-refractivity contribution in [3.63, 3.8) is 0 Å². The summed E-state index contributed by atoms with van der Waals surface area (Å²) < 4.78 is 16.9. The van der Waals surface area contributed by atoms with Crippen molar-refractivity contribution in [1.82, 2.24) is 0 Å². The molecule has 0 aromatic rings. The summed E-state index contributed by atoms with van der Waals surface area (Å²) in [4.78, 5) is 38.3. The second-order valence-corrected chi connectivity index (χ2v) is 22.0. The van der Waals surface area contributed by atoms with Crippen LogP contribution in [0.5, 0.6) is 0 Å². The third-order valence-electron chi connectivity index (χ3n) is 14.7. The van der Waals surface area contributed by atoms with Crippen LogP contribution < -0.4 is 0 Å². The zero-order chi connectivity index (χ0) is 52.2. The zero-order valence-electron chi connectivity index (χ0n) is 48.7. The molecule has 0 fully saturated rings. The van der Waals surface area contributed by atoms with Crippen molar-refractivity contribution in [2.24, 2.45) is 0 Å². The second-order valence-electron chi connectivity index (χ2n) is 22.0. The quantitative estimate of drug-likeness (QED) is 0.0261. The van der Waals surface area contributed by atoms with E-state index in [-0.39, 0.29) is 31.1 Å². The van der Waals surface area contributed by atoms with Crippen molar-refractivity contribution >= 4 is 17.9 Å². The number of esters is 3. The lowest BCUT2D eigenvalue weighted by Gasteiger charge is -2.18. The maximum Gasteiger partial charge on any atom is 0.306 e. The van der Waals surface area contributed by atoms with Crippen molar-refractivity contribution in [3.05, 3.63) is 24.3 Å². The molecule has 0 N–H and O–H groups in total. The van der Waals surface area contributed by atoms with Crippen LogP contribution in [-0.2, 0) is 28.6 Å². The molecule has 1 atom stereocenters. The smallest absolute Gasteiger partial charge is 0.306 e. The van der Waals surface area contributed by atoms with Gasteiger partial charge in [0.15, 0.2) is 6.10 Å². The fraction of sp³-hybridized carbons (Fsp3) is 0.894. The SMILES string of the molecule is CCCCCCCC/C=C\CCCCCCCCCCCCCC(=O)OC[C@H](COC(=O)CCCCCCCCCCCCCC)OC(=O)CCCCCCCCCCCCC/C=C\CCCCCCCC. The Hall–Kier alpha value is -2.11. The summed E-state index contributed by atoms with van der Waals surface area (Å²) in [6, 6.07) is 0. The highest BCUT2D eigenvalue weighted by Gasteiger charge is 2.19. The van der Waals surface area contributed by atoms with Gasteiger partial charge in [-0.2, -0.15) is 0 Å². The Bertz CT molecular complexity index is 1160. The van der Waals surface area contributed by atoms with Gasteiger partial charge in [-0.25, -0.2) is 0 Å². The molecule has 0 amide bonds. The first-order valence-electron chi connectivity index (χ1n) is 32.3. The third kappa shape index (κ3) is 58.8. The van der Waals surface area contributed by atoms with Gasteiger partial charge in [-0.3, -0.25) is 14.4 Å². The molecule has 0 rings (SSSR count). The number of allylic oxidation sites excluding steroid dienone is 4. The molecule has 0 saturated heterocycles. The maximum atomic E-state index is 12.9. The lowest BCUT2D eigenvalue weighted by Crippen LogP contribution is -2.30. The van der Waals surface area contributed by atoms with E-state index in [1.165, 1.54) is 263 Å². The predicted octanol–water partition coefficient (Wildman–Crippen LogP) is 21.8. The van der Waals surface area contributed by atoms with Gasteiger partial charge in [0.1, 0.15) is 13.2 Å². The van der Waals surface area contributed by atoms with Crippen molar-refractivity contribution in [3.8, 4) is 0 Å². The zero-order valence-corrected chi connectivity index (χ0v) is 48.7. The van der Waals surface area contributed by atoms with Gasteiger partial charge < -0.3 is 14.2 Å². The van der Waals surface area contributed by atoms with E-state index < -0.39 is 6.10 Å². The largest absolute Gasteiger partial charge is 0.462 e. The molecule has 0 heterocycles. The summed E-state index contributed by atoms with van der Waals surface area (Å²) in [6.45, 7) is 6.69. The molecule has 6 nitrogen and oxygen atoms in total. The van der Waals surface area contributed by atoms with E-state index in [0.717, 1.165) is 57.8 Å². The number of carbonyl (C=O) groups is 3. The summed E-state index contributed by atoms with van der Waals surface area (Å²) in [6.07, 6.45) is 73.3. The van der Waals surface area contributed by atoms with E-state index in [2.05, 4.69) is 45.1 Å². The summed E-state index contributed by atoms with van der Waals surface area (Å²) in [5, 5.41) is 0. The van der Waals surface area contributed by atoms with Gasteiger partial charge in [-0.15, -0.1) is 0 Å². The average molecular weight is 1010 g/mol. The van der Waals surface area contributed by atoms with E-state index in [9.17, 15) is 14.4 Å². The van der Waals surface area contributed by atoms with Crippen LogP contribution in [0.2, 0.25) is 0 Å². The van der Waals surface area contributed by atoms with Gasteiger partial charge in [0.25, 0.3) is 0 Å². The van der Waals surface area contributed by atoms with Crippen LogP contribution >= 0.6 is 0 Å². The predicted molar refractivity (Wildman–Crippen MR) is 312 cm³/mol. The highest BCUT2D eigenvalue weighted by molar-refractivity contribution is 5.71. The molecule has 0 bridgehead atoms. The van der Waals surface area contributed by atoms with E-state index in [1.807, 2.05) is 0 Å². The molecule has 0 aliphatic carbocycles. The monoisotopic (exact) mass is 1010 g/mol. The van der Waals surface area contributed by atoms with Crippen molar-refractivity contribution < 1.29 is 28.6 Å². The van der Waals surface area contributed by atoms with E-state index >= 15 is 0 Å². The third-order valence-corrected chi connectivity index (χ3v) is 14.7. The minimum absolute atomic E-state index is 0.0663. The summed E-state index contributed by atoms with van der Waals surface area (Å²) in [5.74, 6) is -0.842. The van der Waals surface area contributed by atoms with Crippen LogP contribution in [-0.4, -0.2) is 37.2 Å². The van der Waals surface area contributed by atoms with Gasteiger partial charge in [-0.1, -0.05) is 295 Å². The molecule has 0 aromatic heterocycles. The van der Waals surface area contributed by atoms with Gasteiger partial charge in [0, 0.05) is 19.3 Å². The van der Waals surface area contributed by atoms with Crippen molar-refractivity contribution in [1.29, 1.82) is 0 Å². The Labute approximate surface area is 449 Å². The molecule has 0 aliphatic heterocycles. The number of hydrogen-bond donors (Lipinski definition) is 0. The summed E-state index contributed by atoms with van der Waals surface area (Å²) in [5.41, 5.74) is 0. The highest BCUT2D eigenvalue weighted by Crippen LogP contribution is 2.17. The van der Waals surface area contributed by atoms with Gasteiger partial charge >= 0.3 is 17.9 Å². The molecular weight excluding hydrogens is 889 g/mol. The van der Waals surface area contributed by atoms with E-state index in [0.29, 0.717) is 19.3 Å². The lowest BCUT2D eigenvalue weighted by molar-refractivity contribution is -0.167. The first-order chi connectivity index (χ1) is 35.5. The normalized spacial score (nSPS) is 12.1. The van der Waals surface area contributed by atoms with Crippen LogP contribution in [0.3, 0.4) is 0 Å². The number of carbonyl (C=O) groups excluding carboxylic acids is 3. The van der Waals surface area contributed by atoms with Gasteiger partial charge in [0.2, 0.25) is 0 Å². The Morgan fingerprint density at radius 1 is 0.264 bits per heavy atom. The van der Waals surface area contributed by atoms with Gasteiger partial charge in [-0.05, 0) is 70.6 Å². The molecule has 0 radical (unpaired) electrons. The fourth-order valence-corrected chi connectivity index (χ4v) is 9.79. The minimum Gasteiger partial charge on any atom is -0.462 e. The summed E-state index contributed by atoms with van der Waals surface area (Å²) >= 11 is 0. The first kappa shape index (κ1) is 69.9. The summed E-state index contributed by atoms with van der Waals surface area (Å²) in [7, 11) is 0. The fourth-order valence-electron chi connectivity index (χ4n) is 9.79. The molecule has 72 heavy (non-hydrogen) atoms. The Balaban J connectivity index is 4.25. The number of hydrogen-bond acceptors (Lipinski definition) is 6. The highest BCUT2D eigenvalue weighted by atomic mass is 16.6. The Morgan fingerprint density at radius 2 is 0.458 bits per heavy atom. The second kappa shape index (κ2) is 61.4. The van der Waals surface area contributed by atoms with E-state index in [4.69, 9.17) is 14.2 Å². The maximum absolute atomic E-state index is 12.9. The Morgan fingerprint density at radius 3 is 0.694 bits per heavy atom. The minimum atomic E-state index is -0.768. The van der Waals surface area contributed by atoms with Crippen LogP contribution in [0.4, 0.5) is 0 Å².